The van der Waals surface area contributed by atoms with Gasteiger partial charge in [-0.15, -0.1) is 0 Å². The van der Waals surface area contributed by atoms with E-state index in [-0.39, 0.29) is 5.75 Å². The molecule has 0 aliphatic rings. The number of sulfone groups is 1. The van der Waals surface area contributed by atoms with Gasteiger partial charge in [-0.3, -0.25) is 0 Å². The second-order valence-electron chi connectivity index (χ2n) is 4.77. The summed E-state index contributed by atoms with van der Waals surface area (Å²) in [5, 5.41) is 3.47. The van der Waals surface area contributed by atoms with Gasteiger partial charge in [0.05, 0.1) is 10.6 Å². The molecule has 0 fully saturated rings. The number of hydrogen-bond acceptors (Lipinski definition) is 3. The zero-order valence-electron chi connectivity index (χ0n) is 12.1. The lowest BCUT2D eigenvalue weighted by Gasteiger charge is -2.18. The van der Waals surface area contributed by atoms with Crippen LogP contribution in [-0.2, 0) is 16.3 Å². The van der Waals surface area contributed by atoms with Gasteiger partial charge in [-0.05, 0) is 37.4 Å². The Balaban J connectivity index is 2.94. The van der Waals surface area contributed by atoms with Gasteiger partial charge in [-0.2, -0.15) is 0 Å². The van der Waals surface area contributed by atoms with E-state index in [2.05, 4.69) is 19.2 Å². The fraction of sp³-hybridized carbons (Fsp3) is 0.600. The number of hydrogen-bond donors (Lipinski definition) is 1. The molecular formula is C15H25NO2S. The van der Waals surface area contributed by atoms with Crippen LogP contribution in [0.25, 0.3) is 0 Å². The number of nitrogens with one attached hydrogen (secondary N) is 1. The minimum atomic E-state index is -3.13. The molecule has 0 heterocycles. The van der Waals surface area contributed by atoms with Crippen molar-refractivity contribution in [1.29, 1.82) is 0 Å². The van der Waals surface area contributed by atoms with Crippen molar-refractivity contribution >= 4 is 9.84 Å². The van der Waals surface area contributed by atoms with Crippen LogP contribution < -0.4 is 5.32 Å². The molecule has 0 aliphatic heterocycles. The van der Waals surface area contributed by atoms with Crippen LogP contribution in [0.5, 0.6) is 0 Å². The summed E-state index contributed by atoms with van der Waals surface area (Å²) in [6, 6.07) is 7.70. The molecular weight excluding hydrogens is 258 g/mol. The molecule has 0 amide bonds. The molecule has 0 radical (unpaired) electrons. The summed E-state index contributed by atoms with van der Waals surface area (Å²) in [6.45, 7) is 6.93. The average molecular weight is 283 g/mol. The maximum Gasteiger partial charge on any atom is 0.178 e. The van der Waals surface area contributed by atoms with Crippen molar-refractivity contribution in [2.24, 2.45) is 0 Å². The summed E-state index contributed by atoms with van der Waals surface area (Å²) in [7, 11) is -3.13. The first-order chi connectivity index (χ1) is 9.05. The lowest BCUT2D eigenvalue weighted by molar-refractivity contribution is 0.491. The molecule has 1 N–H and O–H groups in total. The van der Waals surface area contributed by atoms with E-state index >= 15 is 0 Å². The van der Waals surface area contributed by atoms with Gasteiger partial charge in [-0.1, -0.05) is 39.0 Å². The molecule has 4 heteroatoms. The molecule has 0 bridgehead atoms. The third-order valence-corrected chi connectivity index (χ3v) is 5.16. The molecule has 1 aromatic carbocycles. The number of benzene rings is 1. The molecule has 19 heavy (non-hydrogen) atoms. The Hall–Kier alpha value is -0.870. The van der Waals surface area contributed by atoms with E-state index in [9.17, 15) is 8.42 Å². The first-order valence-corrected chi connectivity index (χ1v) is 8.74. The molecule has 0 saturated heterocycles. The second-order valence-corrected chi connectivity index (χ2v) is 7.02. The SMILES string of the molecule is CCCNC(CC)Cc1ccccc1S(=O)(=O)CC. The van der Waals surface area contributed by atoms with Gasteiger partial charge in [0.1, 0.15) is 0 Å². The topological polar surface area (TPSA) is 46.2 Å². The fourth-order valence-corrected chi connectivity index (χ4v) is 3.25. The Morgan fingerprint density at radius 2 is 1.84 bits per heavy atom. The first kappa shape index (κ1) is 16.2. The van der Waals surface area contributed by atoms with Gasteiger partial charge in [0, 0.05) is 6.04 Å². The van der Waals surface area contributed by atoms with Crippen LogP contribution in [-0.4, -0.2) is 26.8 Å². The molecule has 1 atom stereocenters. The summed E-state index contributed by atoms with van der Waals surface area (Å²) in [5.41, 5.74) is 0.930. The summed E-state index contributed by atoms with van der Waals surface area (Å²) >= 11 is 0. The predicted molar refractivity (Wildman–Crippen MR) is 80.2 cm³/mol. The van der Waals surface area contributed by atoms with Crippen LogP contribution in [0, 0.1) is 0 Å². The Kier molecular flexibility index (Phi) is 6.52. The summed E-state index contributed by atoms with van der Waals surface area (Å²) in [5.74, 6) is 0.156. The third-order valence-electron chi connectivity index (χ3n) is 3.33. The van der Waals surface area contributed by atoms with Crippen molar-refractivity contribution in [3.05, 3.63) is 29.8 Å². The highest BCUT2D eigenvalue weighted by molar-refractivity contribution is 7.91. The molecule has 0 spiro atoms. The maximum absolute atomic E-state index is 12.1. The van der Waals surface area contributed by atoms with Crippen LogP contribution in [0.1, 0.15) is 39.2 Å². The van der Waals surface area contributed by atoms with E-state index < -0.39 is 9.84 Å². The molecule has 1 aromatic rings. The highest BCUT2D eigenvalue weighted by atomic mass is 32.2. The van der Waals surface area contributed by atoms with Crippen molar-refractivity contribution in [2.45, 2.75) is 51.0 Å². The quantitative estimate of drug-likeness (QED) is 0.798. The maximum atomic E-state index is 12.1. The lowest BCUT2D eigenvalue weighted by Crippen LogP contribution is -2.31. The second kappa shape index (κ2) is 7.65. The Bertz CT molecular complexity index is 483. The van der Waals surface area contributed by atoms with Gasteiger partial charge < -0.3 is 5.32 Å². The van der Waals surface area contributed by atoms with Crippen LogP contribution in [0.15, 0.2) is 29.2 Å². The van der Waals surface area contributed by atoms with Crippen LogP contribution in [0.4, 0.5) is 0 Å². The summed E-state index contributed by atoms with van der Waals surface area (Å²) < 4.78 is 24.2. The average Bonchev–Trinajstić information content (AvgIpc) is 2.43. The van der Waals surface area contributed by atoms with E-state index in [0.717, 1.165) is 31.4 Å². The minimum Gasteiger partial charge on any atom is -0.314 e. The van der Waals surface area contributed by atoms with E-state index in [1.54, 1.807) is 19.1 Å². The smallest absolute Gasteiger partial charge is 0.178 e. The van der Waals surface area contributed by atoms with E-state index in [1.165, 1.54) is 0 Å². The fourth-order valence-electron chi connectivity index (χ4n) is 2.11. The molecule has 108 valence electrons. The standard InChI is InChI=1S/C15H25NO2S/c1-4-11-16-14(5-2)12-13-9-7-8-10-15(13)19(17,18)6-3/h7-10,14,16H,4-6,11-12H2,1-3H3. The van der Waals surface area contributed by atoms with Gasteiger partial charge in [0.25, 0.3) is 0 Å². The predicted octanol–water partition coefficient (Wildman–Crippen LogP) is 2.80. The molecule has 3 nitrogen and oxygen atoms in total. The molecule has 0 aromatic heterocycles. The van der Waals surface area contributed by atoms with Crippen molar-refractivity contribution in [1.82, 2.24) is 5.32 Å². The monoisotopic (exact) mass is 283 g/mol. The Morgan fingerprint density at radius 3 is 2.42 bits per heavy atom. The van der Waals surface area contributed by atoms with Gasteiger partial charge in [0.15, 0.2) is 9.84 Å². The van der Waals surface area contributed by atoms with E-state index in [4.69, 9.17) is 0 Å². The number of rotatable bonds is 8. The van der Waals surface area contributed by atoms with Crippen molar-refractivity contribution < 1.29 is 8.42 Å². The molecule has 0 aliphatic carbocycles. The zero-order valence-corrected chi connectivity index (χ0v) is 13.0. The summed E-state index contributed by atoms with van der Waals surface area (Å²) in [4.78, 5) is 0.495. The van der Waals surface area contributed by atoms with E-state index in [1.807, 2.05) is 12.1 Å². The Morgan fingerprint density at radius 1 is 1.16 bits per heavy atom. The van der Waals surface area contributed by atoms with Crippen molar-refractivity contribution in [3.8, 4) is 0 Å². The lowest BCUT2D eigenvalue weighted by atomic mass is 10.0. The zero-order chi connectivity index (χ0) is 14.3. The normalized spacial score (nSPS) is 13.4. The van der Waals surface area contributed by atoms with Gasteiger partial charge in [-0.25, -0.2) is 8.42 Å². The third kappa shape index (κ3) is 4.62. The molecule has 0 saturated carbocycles. The first-order valence-electron chi connectivity index (χ1n) is 7.09. The highest BCUT2D eigenvalue weighted by Gasteiger charge is 2.17. The largest absolute Gasteiger partial charge is 0.314 e. The molecule has 1 unspecified atom stereocenters. The van der Waals surface area contributed by atoms with Crippen molar-refractivity contribution in [3.63, 3.8) is 0 Å². The minimum absolute atomic E-state index is 0.156. The summed E-state index contributed by atoms with van der Waals surface area (Å²) in [6.07, 6.45) is 2.86. The Labute approximate surface area is 117 Å². The van der Waals surface area contributed by atoms with Crippen LogP contribution >= 0.6 is 0 Å². The molecule has 1 rings (SSSR count). The van der Waals surface area contributed by atoms with Gasteiger partial charge >= 0.3 is 0 Å². The highest BCUT2D eigenvalue weighted by Crippen LogP contribution is 2.19. The van der Waals surface area contributed by atoms with Crippen LogP contribution in [0.3, 0.4) is 0 Å². The van der Waals surface area contributed by atoms with Crippen LogP contribution in [0.2, 0.25) is 0 Å². The van der Waals surface area contributed by atoms with Gasteiger partial charge in [0.2, 0.25) is 0 Å². The van der Waals surface area contributed by atoms with Crippen molar-refractivity contribution in [2.75, 3.05) is 12.3 Å². The van der Waals surface area contributed by atoms with E-state index in [0.29, 0.717) is 10.9 Å².